The molecule has 7 nitrogen and oxygen atoms in total. The highest BCUT2D eigenvalue weighted by Gasteiger charge is 2.21. The van der Waals surface area contributed by atoms with Crippen LogP contribution < -0.4 is 0 Å². The molecular weight excluding hydrogens is 593 g/mol. The van der Waals surface area contributed by atoms with E-state index < -0.39 is 19.7 Å². The molecule has 0 fully saturated rings. The Morgan fingerprint density at radius 3 is 1.68 bits per heavy atom. The molecule has 0 aliphatic rings. The molecule has 0 bridgehead atoms. The average molecular weight is 631 g/mol. The van der Waals surface area contributed by atoms with E-state index in [1.54, 1.807) is 67.3 Å². The van der Waals surface area contributed by atoms with E-state index in [1.165, 1.54) is 0 Å². The maximum atomic E-state index is 14.2. The lowest BCUT2D eigenvalue weighted by Crippen LogP contribution is -2.30. The van der Waals surface area contributed by atoms with Crippen LogP contribution in [0.15, 0.2) is 101 Å². The fourth-order valence-corrected chi connectivity index (χ4v) is 7.28. The van der Waals surface area contributed by atoms with Crippen molar-refractivity contribution in [1.29, 1.82) is 0 Å². The number of carbonyl (C=O) groups excluding carboxylic acids is 1. The summed E-state index contributed by atoms with van der Waals surface area (Å²) in [6.07, 6.45) is 0. The summed E-state index contributed by atoms with van der Waals surface area (Å²) in [5.41, 5.74) is 4.31. The number of nitrogens with zero attached hydrogens (tertiary/aromatic N) is 2. The summed E-state index contributed by atoms with van der Waals surface area (Å²) in [7, 11) is -6.69. The van der Waals surface area contributed by atoms with Crippen molar-refractivity contribution in [1.82, 2.24) is 9.47 Å². The molecule has 0 unspecified atom stereocenters. The first kappa shape index (κ1) is 31.5. The van der Waals surface area contributed by atoms with Gasteiger partial charge in [0.25, 0.3) is 5.91 Å². The van der Waals surface area contributed by atoms with E-state index in [0.717, 1.165) is 39.5 Å². The van der Waals surface area contributed by atoms with Gasteiger partial charge in [-0.05, 0) is 65.6 Å². The number of rotatable bonds is 11. The summed E-state index contributed by atoms with van der Waals surface area (Å²) in [4.78, 5) is 16.4. The van der Waals surface area contributed by atoms with Crippen LogP contribution in [0.5, 0.6) is 0 Å². The Bertz CT molecular complexity index is 1950. The van der Waals surface area contributed by atoms with Gasteiger partial charge in [0.1, 0.15) is 0 Å². The third kappa shape index (κ3) is 6.44. The SMILES string of the molecule is CCS(=O)(=O)c1ccc(CN(Cc2ccc(S(=O)(=O)CC)cc2)C(=O)c2ccc3c(c2)c2ccccc2n3CC(C)C)cc1. The van der Waals surface area contributed by atoms with E-state index in [4.69, 9.17) is 0 Å². The van der Waals surface area contributed by atoms with Crippen molar-refractivity contribution in [2.75, 3.05) is 11.5 Å². The number of sulfone groups is 2. The third-order valence-corrected chi connectivity index (χ3v) is 11.4. The molecule has 1 heterocycles. The molecular formula is C35H38N2O5S2. The Morgan fingerprint density at radius 1 is 0.682 bits per heavy atom. The Hall–Kier alpha value is -3.95. The number of carbonyl (C=O) groups is 1. The van der Waals surface area contributed by atoms with Gasteiger partial charge in [-0.3, -0.25) is 4.79 Å². The molecule has 5 aromatic rings. The quantitative estimate of drug-likeness (QED) is 0.159. The van der Waals surface area contributed by atoms with Crippen molar-refractivity contribution < 1.29 is 21.6 Å². The summed E-state index contributed by atoms with van der Waals surface area (Å²) in [5.74, 6) is 0.291. The van der Waals surface area contributed by atoms with Crippen molar-refractivity contribution in [2.24, 2.45) is 5.92 Å². The van der Waals surface area contributed by atoms with Gasteiger partial charge >= 0.3 is 0 Å². The van der Waals surface area contributed by atoms with E-state index in [1.807, 2.05) is 30.3 Å². The van der Waals surface area contributed by atoms with Crippen molar-refractivity contribution in [3.8, 4) is 0 Å². The number of fused-ring (bicyclic) bond motifs is 3. The first-order valence-corrected chi connectivity index (χ1v) is 18.2. The fourth-order valence-electron chi connectivity index (χ4n) is 5.51. The second-order valence-electron chi connectivity index (χ2n) is 11.5. The van der Waals surface area contributed by atoms with Gasteiger partial charge in [-0.15, -0.1) is 0 Å². The number of hydrogen-bond donors (Lipinski definition) is 0. The van der Waals surface area contributed by atoms with Gasteiger partial charge in [0.15, 0.2) is 19.7 Å². The van der Waals surface area contributed by atoms with Gasteiger partial charge in [-0.1, -0.05) is 70.2 Å². The molecule has 0 atom stereocenters. The molecule has 0 aliphatic heterocycles. The van der Waals surface area contributed by atoms with Crippen LogP contribution >= 0.6 is 0 Å². The first-order valence-electron chi connectivity index (χ1n) is 14.9. The van der Waals surface area contributed by atoms with Crippen molar-refractivity contribution in [3.63, 3.8) is 0 Å². The van der Waals surface area contributed by atoms with Crippen LogP contribution in [0.3, 0.4) is 0 Å². The molecule has 0 N–H and O–H groups in total. The minimum Gasteiger partial charge on any atom is -0.340 e. The van der Waals surface area contributed by atoms with Gasteiger partial charge in [0, 0.05) is 47.0 Å². The van der Waals surface area contributed by atoms with E-state index in [0.29, 0.717) is 11.5 Å². The lowest BCUT2D eigenvalue weighted by atomic mass is 10.1. The average Bonchev–Trinajstić information content (AvgIpc) is 3.33. The zero-order valence-corrected chi connectivity index (χ0v) is 27.2. The molecule has 1 amide bonds. The molecule has 0 saturated carbocycles. The molecule has 44 heavy (non-hydrogen) atoms. The monoisotopic (exact) mass is 630 g/mol. The molecule has 0 aliphatic carbocycles. The number of amides is 1. The van der Waals surface area contributed by atoms with E-state index in [-0.39, 0.29) is 40.3 Å². The lowest BCUT2D eigenvalue weighted by Gasteiger charge is -2.24. The Labute approximate surface area is 260 Å². The molecule has 1 aromatic heterocycles. The molecule has 9 heteroatoms. The summed E-state index contributed by atoms with van der Waals surface area (Å²) < 4.78 is 51.7. The highest BCUT2D eigenvalue weighted by atomic mass is 32.2. The highest BCUT2D eigenvalue weighted by Crippen LogP contribution is 2.31. The smallest absolute Gasteiger partial charge is 0.254 e. The second kappa shape index (κ2) is 12.6. The maximum Gasteiger partial charge on any atom is 0.254 e. The van der Waals surface area contributed by atoms with Crippen LogP contribution in [0.4, 0.5) is 0 Å². The minimum absolute atomic E-state index is 0.0107. The maximum absolute atomic E-state index is 14.2. The van der Waals surface area contributed by atoms with Crippen LogP contribution in [0.25, 0.3) is 21.8 Å². The van der Waals surface area contributed by atoms with Gasteiger partial charge in [-0.25, -0.2) is 16.8 Å². The van der Waals surface area contributed by atoms with Crippen molar-refractivity contribution >= 4 is 47.4 Å². The Kier molecular flexibility index (Phi) is 9.00. The Balaban J connectivity index is 1.53. The van der Waals surface area contributed by atoms with E-state index in [2.05, 4.69) is 30.5 Å². The molecule has 230 valence electrons. The second-order valence-corrected chi connectivity index (χ2v) is 16.1. The van der Waals surface area contributed by atoms with Crippen LogP contribution in [0.2, 0.25) is 0 Å². The Morgan fingerprint density at radius 2 is 1.18 bits per heavy atom. The van der Waals surface area contributed by atoms with Crippen LogP contribution in [-0.2, 0) is 39.3 Å². The minimum atomic E-state index is -3.35. The summed E-state index contributed by atoms with van der Waals surface area (Å²) >= 11 is 0. The zero-order chi connectivity index (χ0) is 31.6. The number of aromatic nitrogens is 1. The van der Waals surface area contributed by atoms with E-state index in [9.17, 15) is 21.6 Å². The largest absolute Gasteiger partial charge is 0.340 e. The van der Waals surface area contributed by atoms with Crippen LogP contribution in [0.1, 0.15) is 49.2 Å². The first-order chi connectivity index (χ1) is 20.9. The highest BCUT2D eigenvalue weighted by molar-refractivity contribution is 7.91. The number of para-hydroxylation sites is 1. The van der Waals surface area contributed by atoms with Crippen molar-refractivity contribution in [3.05, 3.63) is 108 Å². The number of hydrogen-bond acceptors (Lipinski definition) is 5. The summed E-state index contributed by atoms with van der Waals surface area (Å²) in [6.45, 7) is 8.93. The number of benzene rings is 4. The van der Waals surface area contributed by atoms with Crippen LogP contribution in [0, 0.1) is 5.92 Å². The molecule has 0 spiro atoms. The van der Waals surface area contributed by atoms with Crippen LogP contribution in [-0.4, -0.2) is 43.7 Å². The van der Waals surface area contributed by atoms with Gasteiger partial charge < -0.3 is 9.47 Å². The zero-order valence-electron chi connectivity index (χ0n) is 25.5. The van der Waals surface area contributed by atoms with Crippen molar-refractivity contribution in [2.45, 2.75) is 57.1 Å². The molecule has 0 saturated heterocycles. The van der Waals surface area contributed by atoms with Gasteiger partial charge in [0.2, 0.25) is 0 Å². The molecule has 4 aromatic carbocycles. The normalized spacial score (nSPS) is 12.3. The molecule has 0 radical (unpaired) electrons. The fraction of sp³-hybridized carbons (Fsp3) is 0.286. The molecule has 5 rings (SSSR count). The third-order valence-electron chi connectivity index (χ3n) is 7.93. The lowest BCUT2D eigenvalue weighted by molar-refractivity contribution is 0.0730. The summed E-state index contributed by atoms with van der Waals surface area (Å²) in [6, 6.07) is 27.3. The van der Waals surface area contributed by atoms with Gasteiger partial charge in [0.05, 0.1) is 21.3 Å². The van der Waals surface area contributed by atoms with E-state index >= 15 is 0 Å². The predicted molar refractivity (Wildman–Crippen MR) is 176 cm³/mol. The standard InChI is InChI=1S/C35H38N2O5S2/c1-5-43(39,40)29-16-11-26(12-17-29)23-36(24-27-13-18-30(19-14-27)44(41,42)6-2)35(38)28-15-20-34-32(21-28)31-9-7-8-10-33(31)37(34)22-25(3)4/h7-21,25H,5-6,22-24H2,1-4H3. The van der Waals surface area contributed by atoms with Gasteiger partial charge in [-0.2, -0.15) is 0 Å². The topological polar surface area (TPSA) is 93.5 Å². The predicted octanol–water partition coefficient (Wildman–Crippen LogP) is 6.88. The summed E-state index contributed by atoms with van der Waals surface area (Å²) in [5, 5.41) is 2.10.